The third-order valence-corrected chi connectivity index (χ3v) is 4.47. The van der Waals surface area contributed by atoms with E-state index in [1.807, 2.05) is 66.2 Å². The molecule has 0 spiro atoms. The van der Waals surface area contributed by atoms with E-state index in [-0.39, 0.29) is 18.6 Å². The zero-order valence-corrected chi connectivity index (χ0v) is 15.9. The van der Waals surface area contributed by atoms with Gasteiger partial charge in [-0.25, -0.2) is 4.98 Å². The number of carbonyl (C=O) groups excluding carboxylic acids is 1. The number of rotatable bonds is 7. The van der Waals surface area contributed by atoms with Crippen molar-refractivity contribution in [2.24, 2.45) is 0 Å². The van der Waals surface area contributed by atoms with Crippen LogP contribution in [0.3, 0.4) is 0 Å². The number of carbonyl (C=O) groups is 1. The van der Waals surface area contributed by atoms with E-state index in [4.69, 9.17) is 4.74 Å². The fourth-order valence-corrected chi connectivity index (χ4v) is 2.95. The van der Waals surface area contributed by atoms with Crippen molar-refractivity contribution in [3.8, 4) is 11.4 Å². The van der Waals surface area contributed by atoms with E-state index >= 15 is 0 Å². The third kappa shape index (κ3) is 4.76. The van der Waals surface area contributed by atoms with E-state index in [2.05, 4.69) is 24.1 Å². The average molecular weight is 363 g/mol. The Kier molecular flexibility index (Phi) is 5.91. The van der Waals surface area contributed by atoms with E-state index in [9.17, 15) is 4.79 Å². The number of para-hydroxylation sites is 1. The lowest BCUT2D eigenvalue weighted by molar-refractivity contribution is -0.123. The van der Waals surface area contributed by atoms with Gasteiger partial charge < -0.3 is 14.6 Å². The first-order valence-corrected chi connectivity index (χ1v) is 9.14. The van der Waals surface area contributed by atoms with E-state index in [1.54, 1.807) is 12.5 Å². The number of imidazole rings is 1. The molecule has 0 unspecified atom stereocenters. The summed E-state index contributed by atoms with van der Waals surface area (Å²) in [5.41, 5.74) is 3.17. The summed E-state index contributed by atoms with van der Waals surface area (Å²) < 4.78 is 7.68. The van der Waals surface area contributed by atoms with Crippen LogP contribution in [-0.2, 0) is 4.79 Å². The Morgan fingerprint density at radius 3 is 2.52 bits per heavy atom. The van der Waals surface area contributed by atoms with Gasteiger partial charge >= 0.3 is 0 Å². The summed E-state index contributed by atoms with van der Waals surface area (Å²) in [7, 11) is 0. The van der Waals surface area contributed by atoms with Gasteiger partial charge in [0.05, 0.1) is 12.4 Å². The van der Waals surface area contributed by atoms with E-state index < -0.39 is 0 Å². The Morgan fingerprint density at radius 2 is 1.85 bits per heavy atom. The van der Waals surface area contributed by atoms with Crippen molar-refractivity contribution in [2.45, 2.75) is 32.7 Å². The second-order valence-corrected chi connectivity index (χ2v) is 6.83. The van der Waals surface area contributed by atoms with Gasteiger partial charge in [-0.3, -0.25) is 4.79 Å². The van der Waals surface area contributed by atoms with Gasteiger partial charge in [0.25, 0.3) is 5.91 Å². The fraction of sp³-hybridized carbons (Fsp3) is 0.273. The minimum Gasteiger partial charge on any atom is -0.483 e. The smallest absolute Gasteiger partial charge is 0.258 e. The lowest BCUT2D eigenvalue weighted by Crippen LogP contribution is -2.31. The molecule has 140 valence electrons. The zero-order chi connectivity index (χ0) is 19.2. The third-order valence-electron chi connectivity index (χ3n) is 4.47. The molecule has 0 bridgehead atoms. The van der Waals surface area contributed by atoms with Gasteiger partial charge in [0.15, 0.2) is 6.61 Å². The molecule has 0 aliphatic rings. The highest BCUT2D eigenvalue weighted by Gasteiger charge is 2.12. The van der Waals surface area contributed by atoms with Gasteiger partial charge in [0.2, 0.25) is 0 Å². The lowest BCUT2D eigenvalue weighted by atomic mass is 10.0. The Morgan fingerprint density at radius 1 is 1.11 bits per heavy atom. The van der Waals surface area contributed by atoms with Gasteiger partial charge in [-0.15, -0.1) is 0 Å². The maximum absolute atomic E-state index is 12.3. The number of benzene rings is 2. The molecule has 0 fully saturated rings. The summed E-state index contributed by atoms with van der Waals surface area (Å²) in [6.45, 7) is 6.18. The van der Waals surface area contributed by atoms with Crippen LogP contribution in [0, 0.1) is 0 Å². The molecule has 3 rings (SSSR count). The highest BCUT2D eigenvalue weighted by Crippen LogP contribution is 2.25. The molecule has 0 radical (unpaired) electrons. The number of hydrogen-bond donors (Lipinski definition) is 1. The molecule has 1 heterocycles. The largest absolute Gasteiger partial charge is 0.483 e. The molecular weight excluding hydrogens is 338 g/mol. The maximum atomic E-state index is 12.3. The molecule has 5 nitrogen and oxygen atoms in total. The summed E-state index contributed by atoms with van der Waals surface area (Å²) >= 11 is 0. The van der Waals surface area contributed by atoms with E-state index in [0.717, 1.165) is 22.6 Å². The highest BCUT2D eigenvalue weighted by molar-refractivity contribution is 5.78. The molecule has 2 aromatic carbocycles. The number of ether oxygens (including phenoxy) is 1. The Labute approximate surface area is 160 Å². The molecule has 0 aliphatic heterocycles. The number of amides is 1. The average Bonchev–Trinajstić information content (AvgIpc) is 3.21. The monoisotopic (exact) mass is 363 g/mol. The van der Waals surface area contributed by atoms with Crippen LogP contribution in [0.5, 0.6) is 5.75 Å². The van der Waals surface area contributed by atoms with Gasteiger partial charge in [-0.2, -0.15) is 0 Å². The van der Waals surface area contributed by atoms with Crippen LogP contribution in [0.1, 0.15) is 43.9 Å². The quantitative estimate of drug-likeness (QED) is 0.683. The van der Waals surface area contributed by atoms with Gasteiger partial charge in [-0.05, 0) is 42.2 Å². The van der Waals surface area contributed by atoms with Crippen molar-refractivity contribution in [1.29, 1.82) is 0 Å². The normalized spacial score (nSPS) is 12.0. The van der Waals surface area contributed by atoms with Crippen LogP contribution in [0.2, 0.25) is 0 Å². The van der Waals surface area contributed by atoms with Crippen LogP contribution in [0.4, 0.5) is 0 Å². The molecule has 5 heteroatoms. The second kappa shape index (κ2) is 8.54. The van der Waals surface area contributed by atoms with Gasteiger partial charge in [-0.1, -0.05) is 44.2 Å². The van der Waals surface area contributed by atoms with E-state index in [0.29, 0.717) is 5.92 Å². The lowest BCUT2D eigenvalue weighted by Gasteiger charge is -2.17. The number of nitrogens with zero attached hydrogens (tertiary/aromatic N) is 2. The summed E-state index contributed by atoms with van der Waals surface area (Å²) in [4.78, 5) is 16.3. The molecule has 1 N–H and O–H groups in total. The SMILES string of the molecule is CC(C)c1ccccc1OCC(=O)N[C@H](C)c1ccc(-n2ccnc2)cc1. The molecule has 3 aromatic rings. The van der Waals surface area contributed by atoms with Crippen molar-refractivity contribution >= 4 is 5.91 Å². The predicted octanol–water partition coefficient (Wildman–Crippen LogP) is 4.25. The first-order chi connectivity index (χ1) is 13.0. The minimum absolute atomic E-state index is 0.00118. The fourth-order valence-electron chi connectivity index (χ4n) is 2.95. The molecule has 1 amide bonds. The van der Waals surface area contributed by atoms with Crippen molar-refractivity contribution in [1.82, 2.24) is 14.9 Å². The molecular formula is C22H25N3O2. The first kappa shape index (κ1) is 18.7. The predicted molar refractivity (Wildman–Crippen MR) is 106 cm³/mol. The number of nitrogens with one attached hydrogen (secondary N) is 1. The second-order valence-electron chi connectivity index (χ2n) is 6.83. The maximum Gasteiger partial charge on any atom is 0.258 e. The van der Waals surface area contributed by atoms with Gasteiger partial charge in [0.1, 0.15) is 5.75 Å². The summed E-state index contributed by atoms with van der Waals surface area (Å²) in [6.07, 6.45) is 5.40. The van der Waals surface area contributed by atoms with Crippen LogP contribution >= 0.6 is 0 Å². The molecule has 27 heavy (non-hydrogen) atoms. The van der Waals surface area contributed by atoms with Crippen molar-refractivity contribution in [3.63, 3.8) is 0 Å². The molecule has 0 saturated carbocycles. The zero-order valence-electron chi connectivity index (χ0n) is 15.9. The van der Waals surface area contributed by atoms with Crippen LogP contribution < -0.4 is 10.1 Å². The summed E-state index contributed by atoms with van der Waals surface area (Å²) in [5, 5.41) is 2.99. The van der Waals surface area contributed by atoms with Crippen LogP contribution in [0.15, 0.2) is 67.3 Å². The van der Waals surface area contributed by atoms with Crippen LogP contribution in [-0.4, -0.2) is 22.1 Å². The molecule has 1 aromatic heterocycles. The van der Waals surface area contributed by atoms with Crippen molar-refractivity contribution < 1.29 is 9.53 Å². The minimum atomic E-state index is -0.139. The Balaban J connectivity index is 1.56. The van der Waals surface area contributed by atoms with Gasteiger partial charge in [0, 0.05) is 18.1 Å². The van der Waals surface area contributed by atoms with Crippen molar-refractivity contribution in [2.75, 3.05) is 6.61 Å². The molecule has 0 aliphatic carbocycles. The summed E-state index contributed by atoms with van der Waals surface area (Å²) in [6, 6.07) is 15.8. The topological polar surface area (TPSA) is 56.1 Å². The highest BCUT2D eigenvalue weighted by atomic mass is 16.5. The number of aromatic nitrogens is 2. The number of hydrogen-bond acceptors (Lipinski definition) is 3. The van der Waals surface area contributed by atoms with E-state index in [1.165, 1.54) is 0 Å². The van der Waals surface area contributed by atoms with Crippen molar-refractivity contribution in [3.05, 3.63) is 78.4 Å². The Bertz CT molecular complexity index is 871. The van der Waals surface area contributed by atoms with Crippen LogP contribution in [0.25, 0.3) is 5.69 Å². The molecule has 1 atom stereocenters. The molecule has 0 saturated heterocycles. The summed E-state index contributed by atoms with van der Waals surface area (Å²) in [5.74, 6) is 0.969. The Hall–Kier alpha value is -3.08. The standard InChI is InChI=1S/C22H25N3O2/c1-16(2)20-6-4-5-7-21(20)27-14-22(26)24-17(3)18-8-10-19(11-9-18)25-13-12-23-15-25/h4-13,15-17H,14H2,1-3H3,(H,24,26)/t17-/m1/s1. The first-order valence-electron chi connectivity index (χ1n) is 9.14.